The molecular weight excluding hydrogens is 275 g/mol. The summed E-state index contributed by atoms with van der Waals surface area (Å²) >= 11 is 0. The molecule has 3 N–H and O–H groups in total. The lowest BCUT2D eigenvalue weighted by molar-refractivity contribution is 0.0665. The molecule has 0 radical (unpaired) electrons. The molecule has 2 rings (SSSR count). The average Bonchev–Trinajstić information content (AvgIpc) is 2.50. The van der Waals surface area contributed by atoms with Crippen molar-refractivity contribution in [3.05, 3.63) is 29.6 Å². The Morgan fingerprint density at radius 3 is 2.43 bits per heavy atom. The maximum absolute atomic E-state index is 13.1. The highest BCUT2D eigenvalue weighted by Crippen LogP contribution is 2.15. The first-order valence-electron chi connectivity index (χ1n) is 6.90. The lowest BCUT2D eigenvalue weighted by atomic mass is 10.1. The highest BCUT2D eigenvalue weighted by atomic mass is 19.1. The van der Waals surface area contributed by atoms with Crippen molar-refractivity contribution < 1.29 is 14.0 Å². The Kier molecular flexibility index (Phi) is 4.62. The Morgan fingerprint density at radius 2 is 1.86 bits per heavy atom. The van der Waals surface area contributed by atoms with Crippen molar-refractivity contribution in [3.63, 3.8) is 0 Å². The van der Waals surface area contributed by atoms with Gasteiger partial charge in [0.2, 0.25) is 0 Å². The number of amides is 3. The average molecular weight is 294 g/mol. The molecule has 0 spiro atoms. The van der Waals surface area contributed by atoms with Crippen LogP contribution in [0.3, 0.4) is 0 Å². The van der Waals surface area contributed by atoms with Crippen LogP contribution < -0.4 is 11.1 Å². The Labute approximate surface area is 122 Å². The van der Waals surface area contributed by atoms with E-state index in [9.17, 15) is 14.0 Å². The maximum atomic E-state index is 13.1. The SMILES string of the molecule is CCNC(=O)N1CCN(C(=O)c2ccc(F)c(N)c2)CC1. The van der Waals surface area contributed by atoms with E-state index in [0.717, 1.165) is 0 Å². The number of benzene rings is 1. The minimum atomic E-state index is -0.535. The summed E-state index contributed by atoms with van der Waals surface area (Å²) in [6.45, 7) is 4.30. The molecule has 1 aromatic carbocycles. The van der Waals surface area contributed by atoms with E-state index < -0.39 is 5.82 Å². The number of piperazine rings is 1. The summed E-state index contributed by atoms with van der Waals surface area (Å²) in [5.74, 6) is -0.732. The van der Waals surface area contributed by atoms with Gasteiger partial charge in [0.15, 0.2) is 0 Å². The van der Waals surface area contributed by atoms with Gasteiger partial charge < -0.3 is 20.9 Å². The number of nitrogen functional groups attached to an aromatic ring is 1. The van der Waals surface area contributed by atoms with Gasteiger partial charge in [-0.05, 0) is 25.1 Å². The van der Waals surface area contributed by atoms with Gasteiger partial charge in [0.05, 0.1) is 5.69 Å². The molecule has 1 heterocycles. The molecule has 1 fully saturated rings. The van der Waals surface area contributed by atoms with E-state index in [2.05, 4.69) is 5.32 Å². The van der Waals surface area contributed by atoms with Crippen LogP contribution in [-0.2, 0) is 0 Å². The van der Waals surface area contributed by atoms with Crippen LogP contribution in [0.4, 0.5) is 14.9 Å². The number of nitrogens with one attached hydrogen (secondary N) is 1. The molecule has 1 aliphatic heterocycles. The third kappa shape index (κ3) is 3.42. The number of nitrogens with zero attached hydrogens (tertiary/aromatic N) is 2. The minimum absolute atomic E-state index is 0.0400. The molecule has 0 saturated carbocycles. The predicted molar refractivity (Wildman–Crippen MR) is 77.4 cm³/mol. The van der Waals surface area contributed by atoms with Crippen molar-refractivity contribution in [2.75, 3.05) is 38.5 Å². The number of anilines is 1. The largest absolute Gasteiger partial charge is 0.396 e. The molecular formula is C14H19FN4O2. The number of nitrogens with two attached hydrogens (primary N) is 1. The molecule has 0 bridgehead atoms. The van der Waals surface area contributed by atoms with Gasteiger partial charge in [-0.1, -0.05) is 0 Å². The first-order valence-corrected chi connectivity index (χ1v) is 6.90. The van der Waals surface area contributed by atoms with E-state index in [1.54, 1.807) is 9.80 Å². The van der Waals surface area contributed by atoms with Gasteiger partial charge in [0.1, 0.15) is 5.82 Å². The zero-order valence-corrected chi connectivity index (χ0v) is 11.9. The van der Waals surface area contributed by atoms with Crippen LogP contribution in [0.15, 0.2) is 18.2 Å². The second kappa shape index (κ2) is 6.43. The van der Waals surface area contributed by atoms with E-state index in [0.29, 0.717) is 38.3 Å². The van der Waals surface area contributed by atoms with Gasteiger partial charge in [-0.15, -0.1) is 0 Å². The van der Waals surface area contributed by atoms with Gasteiger partial charge in [-0.25, -0.2) is 9.18 Å². The van der Waals surface area contributed by atoms with Crippen molar-refractivity contribution in [3.8, 4) is 0 Å². The molecule has 1 aromatic rings. The molecule has 0 aromatic heterocycles. The highest BCUT2D eigenvalue weighted by molar-refractivity contribution is 5.95. The number of carbonyl (C=O) groups is 2. The van der Waals surface area contributed by atoms with Crippen LogP contribution in [0, 0.1) is 5.82 Å². The summed E-state index contributed by atoms with van der Waals surface area (Å²) in [4.78, 5) is 27.3. The normalized spacial score (nSPS) is 15.0. The number of rotatable bonds is 2. The van der Waals surface area contributed by atoms with E-state index in [-0.39, 0.29) is 17.6 Å². The van der Waals surface area contributed by atoms with Crippen LogP contribution >= 0.6 is 0 Å². The summed E-state index contributed by atoms with van der Waals surface area (Å²) in [6.07, 6.45) is 0. The number of urea groups is 1. The predicted octanol–water partition coefficient (Wildman–Crippen LogP) is 0.895. The van der Waals surface area contributed by atoms with Crippen LogP contribution in [0.2, 0.25) is 0 Å². The van der Waals surface area contributed by atoms with Gasteiger partial charge >= 0.3 is 6.03 Å². The van der Waals surface area contributed by atoms with E-state index in [1.807, 2.05) is 6.92 Å². The lowest BCUT2D eigenvalue weighted by Gasteiger charge is -2.34. The fraction of sp³-hybridized carbons (Fsp3) is 0.429. The Hall–Kier alpha value is -2.31. The summed E-state index contributed by atoms with van der Waals surface area (Å²) < 4.78 is 13.1. The van der Waals surface area contributed by atoms with Gasteiger partial charge in [-0.2, -0.15) is 0 Å². The Morgan fingerprint density at radius 1 is 1.24 bits per heavy atom. The molecule has 3 amide bonds. The first kappa shape index (κ1) is 15.1. The van der Waals surface area contributed by atoms with Crippen LogP contribution in [0.1, 0.15) is 17.3 Å². The zero-order valence-electron chi connectivity index (χ0n) is 11.9. The monoisotopic (exact) mass is 294 g/mol. The van der Waals surface area contributed by atoms with Crippen LogP contribution in [-0.4, -0.2) is 54.5 Å². The third-order valence-corrected chi connectivity index (χ3v) is 3.43. The fourth-order valence-corrected chi connectivity index (χ4v) is 2.24. The van der Waals surface area contributed by atoms with E-state index in [4.69, 9.17) is 5.73 Å². The van der Waals surface area contributed by atoms with E-state index in [1.165, 1.54) is 18.2 Å². The molecule has 0 atom stereocenters. The molecule has 6 nitrogen and oxygen atoms in total. The number of carbonyl (C=O) groups excluding carboxylic acids is 2. The summed E-state index contributed by atoms with van der Waals surface area (Å²) in [5.41, 5.74) is 5.80. The second-order valence-corrected chi connectivity index (χ2v) is 4.85. The van der Waals surface area contributed by atoms with E-state index >= 15 is 0 Å². The van der Waals surface area contributed by atoms with Crippen molar-refractivity contribution in [1.82, 2.24) is 15.1 Å². The number of hydrogen-bond acceptors (Lipinski definition) is 3. The van der Waals surface area contributed by atoms with Crippen LogP contribution in [0.25, 0.3) is 0 Å². The maximum Gasteiger partial charge on any atom is 0.317 e. The van der Waals surface area contributed by atoms with Gasteiger partial charge in [-0.3, -0.25) is 4.79 Å². The molecule has 1 aliphatic rings. The molecule has 7 heteroatoms. The molecule has 0 aliphatic carbocycles. The molecule has 114 valence electrons. The van der Waals surface area contributed by atoms with Crippen molar-refractivity contribution in [1.29, 1.82) is 0 Å². The smallest absolute Gasteiger partial charge is 0.317 e. The Balaban J connectivity index is 1.97. The van der Waals surface area contributed by atoms with Crippen molar-refractivity contribution in [2.45, 2.75) is 6.92 Å². The topological polar surface area (TPSA) is 78.7 Å². The molecule has 0 unspecified atom stereocenters. The second-order valence-electron chi connectivity index (χ2n) is 4.85. The third-order valence-electron chi connectivity index (χ3n) is 3.43. The molecule has 1 saturated heterocycles. The summed E-state index contributed by atoms with van der Waals surface area (Å²) in [5, 5.41) is 2.73. The first-order chi connectivity index (χ1) is 10.0. The number of halogens is 1. The lowest BCUT2D eigenvalue weighted by Crippen LogP contribution is -2.53. The highest BCUT2D eigenvalue weighted by Gasteiger charge is 2.24. The van der Waals surface area contributed by atoms with Crippen molar-refractivity contribution in [2.24, 2.45) is 0 Å². The minimum Gasteiger partial charge on any atom is -0.396 e. The van der Waals surface area contributed by atoms with Crippen molar-refractivity contribution >= 4 is 17.6 Å². The Bertz CT molecular complexity index is 542. The number of hydrogen-bond donors (Lipinski definition) is 2. The van der Waals surface area contributed by atoms with Crippen LogP contribution in [0.5, 0.6) is 0 Å². The quantitative estimate of drug-likeness (QED) is 0.795. The zero-order chi connectivity index (χ0) is 15.4. The van der Waals surface area contributed by atoms with Gasteiger partial charge in [0, 0.05) is 38.3 Å². The fourth-order valence-electron chi connectivity index (χ4n) is 2.24. The molecule has 21 heavy (non-hydrogen) atoms. The summed E-state index contributed by atoms with van der Waals surface area (Å²) in [6, 6.07) is 3.83. The summed E-state index contributed by atoms with van der Waals surface area (Å²) in [7, 11) is 0. The standard InChI is InChI=1S/C14H19FN4O2/c1-2-17-14(21)19-7-5-18(6-8-19)13(20)10-3-4-11(15)12(16)9-10/h3-4,9H,2,5-8,16H2,1H3,(H,17,21). The van der Waals surface area contributed by atoms with Gasteiger partial charge in [0.25, 0.3) is 5.91 Å².